The van der Waals surface area contributed by atoms with Crippen molar-refractivity contribution in [3.8, 4) is 22.5 Å². The Morgan fingerprint density at radius 1 is 0.346 bits per heavy atom. The average Bonchev–Trinajstić information content (AvgIpc) is 3.95. The van der Waals surface area contributed by atoms with E-state index in [9.17, 15) is 0 Å². The first kappa shape index (κ1) is 27.6. The Morgan fingerprint density at radius 3 is 1.27 bits per heavy atom. The van der Waals surface area contributed by atoms with Gasteiger partial charge in [-0.15, -0.1) is 0 Å². The Bertz CT molecular complexity index is 3200. The largest absolute Gasteiger partial charge is 0.435 e. The van der Waals surface area contributed by atoms with Crippen molar-refractivity contribution in [2.24, 2.45) is 0 Å². The Balaban J connectivity index is 1.07. The van der Waals surface area contributed by atoms with E-state index in [-0.39, 0.29) is 0 Å². The van der Waals surface area contributed by atoms with Gasteiger partial charge in [0.1, 0.15) is 0 Å². The van der Waals surface area contributed by atoms with Crippen molar-refractivity contribution in [2.75, 3.05) is 0 Å². The number of hydrogen-bond acceptors (Lipinski definition) is 4. The van der Waals surface area contributed by atoms with Gasteiger partial charge >= 0.3 is 0 Å². The second-order valence-corrected chi connectivity index (χ2v) is 13.4. The Morgan fingerprint density at radius 2 is 0.769 bits per heavy atom. The monoisotopic (exact) mass is 666 g/mol. The summed E-state index contributed by atoms with van der Waals surface area (Å²) in [5.41, 5.74) is 11.8. The van der Waals surface area contributed by atoms with Crippen LogP contribution in [0.2, 0.25) is 0 Å². The van der Waals surface area contributed by atoms with Gasteiger partial charge in [0, 0.05) is 55.5 Å². The van der Waals surface area contributed by atoms with Crippen molar-refractivity contribution in [2.45, 2.75) is 0 Å². The summed E-state index contributed by atoms with van der Waals surface area (Å²) in [7, 11) is 0. The molecule has 0 radical (unpaired) electrons. The Hall–Kier alpha value is -7.18. The first-order valence-electron chi connectivity index (χ1n) is 17.4. The van der Waals surface area contributed by atoms with Gasteiger partial charge in [-0.3, -0.25) is 0 Å². The van der Waals surface area contributed by atoms with E-state index in [1.807, 2.05) is 12.1 Å². The first-order valence-corrected chi connectivity index (χ1v) is 17.4. The summed E-state index contributed by atoms with van der Waals surface area (Å²) in [6, 6.07) is 51.6. The highest BCUT2D eigenvalue weighted by atomic mass is 16.3. The fourth-order valence-electron chi connectivity index (χ4n) is 8.41. The van der Waals surface area contributed by atoms with E-state index >= 15 is 0 Å². The SMILES string of the molecule is c1cnc2oc3c(-n4c5ccccc5c5cc(-c6ccc7c(c6)c6ccccc6n7-c6cccc7c6oc6ncccc67)ccc54)cccc3c2c1. The highest BCUT2D eigenvalue weighted by molar-refractivity contribution is 6.15. The number of nitrogens with zero attached hydrogens (tertiary/aromatic N) is 4. The van der Waals surface area contributed by atoms with E-state index in [1.165, 1.54) is 21.5 Å². The molecule has 6 aromatic heterocycles. The minimum atomic E-state index is 0.649. The van der Waals surface area contributed by atoms with Crippen LogP contribution in [0.15, 0.2) is 167 Å². The van der Waals surface area contributed by atoms with Crippen LogP contribution in [0.3, 0.4) is 0 Å². The lowest BCUT2D eigenvalue weighted by atomic mass is 10.0. The van der Waals surface area contributed by atoms with Gasteiger partial charge in [-0.2, -0.15) is 0 Å². The molecule has 242 valence electrons. The molecule has 0 N–H and O–H groups in total. The predicted octanol–water partition coefficient (Wildman–Crippen LogP) is 12.1. The smallest absolute Gasteiger partial charge is 0.227 e. The zero-order chi connectivity index (χ0) is 33.9. The third-order valence-corrected chi connectivity index (χ3v) is 10.7. The normalized spacial score (nSPS) is 12.2. The second-order valence-electron chi connectivity index (χ2n) is 13.4. The lowest BCUT2D eigenvalue weighted by molar-refractivity contribution is 0.651. The molecule has 0 atom stereocenters. The molecular formula is C46H26N4O2. The van der Waals surface area contributed by atoms with Crippen LogP contribution in [0.5, 0.6) is 0 Å². The number of para-hydroxylation sites is 4. The highest BCUT2D eigenvalue weighted by Crippen LogP contribution is 2.41. The number of fused-ring (bicyclic) bond motifs is 12. The average molecular weight is 667 g/mol. The number of aromatic nitrogens is 4. The highest BCUT2D eigenvalue weighted by Gasteiger charge is 2.20. The van der Waals surface area contributed by atoms with E-state index in [0.717, 1.165) is 77.3 Å². The van der Waals surface area contributed by atoms with E-state index < -0.39 is 0 Å². The summed E-state index contributed by atoms with van der Waals surface area (Å²) in [5, 5.41) is 8.91. The maximum atomic E-state index is 6.40. The number of hydrogen-bond donors (Lipinski definition) is 0. The molecule has 0 aliphatic carbocycles. The fourth-order valence-corrected chi connectivity index (χ4v) is 8.41. The Labute approximate surface area is 295 Å². The number of furan rings is 2. The molecule has 6 heteroatoms. The van der Waals surface area contributed by atoms with Crippen molar-refractivity contribution in [3.63, 3.8) is 0 Å². The van der Waals surface area contributed by atoms with Crippen LogP contribution in [-0.4, -0.2) is 19.1 Å². The fraction of sp³-hybridized carbons (Fsp3) is 0. The van der Waals surface area contributed by atoms with Gasteiger partial charge in [-0.25, -0.2) is 9.97 Å². The molecule has 0 unspecified atom stereocenters. The van der Waals surface area contributed by atoms with Crippen molar-refractivity contribution < 1.29 is 8.83 Å². The van der Waals surface area contributed by atoms with Gasteiger partial charge in [0.2, 0.25) is 11.4 Å². The Kier molecular flexibility index (Phi) is 5.41. The molecule has 12 aromatic rings. The molecule has 12 rings (SSSR count). The quantitative estimate of drug-likeness (QED) is 0.188. The molecule has 0 aliphatic heterocycles. The van der Waals surface area contributed by atoms with Gasteiger partial charge in [-0.05, 0) is 83.9 Å². The van der Waals surface area contributed by atoms with Crippen LogP contribution in [0.1, 0.15) is 0 Å². The van der Waals surface area contributed by atoms with Crippen LogP contribution in [-0.2, 0) is 0 Å². The lowest BCUT2D eigenvalue weighted by Gasteiger charge is -2.10. The molecule has 0 saturated carbocycles. The van der Waals surface area contributed by atoms with E-state index in [4.69, 9.17) is 8.83 Å². The molecule has 0 spiro atoms. The summed E-state index contributed by atoms with van der Waals surface area (Å²) in [6.07, 6.45) is 3.56. The summed E-state index contributed by atoms with van der Waals surface area (Å²) in [5.74, 6) is 0. The van der Waals surface area contributed by atoms with E-state index in [1.54, 1.807) is 12.4 Å². The minimum absolute atomic E-state index is 0.649. The van der Waals surface area contributed by atoms with Gasteiger partial charge in [0.05, 0.1) is 33.4 Å². The lowest BCUT2D eigenvalue weighted by Crippen LogP contribution is -1.94. The second kappa shape index (κ2) is 10.2. The van der Waals surface area contributed by atoms with Crippen molar-refractivity contribution in [1.82, 2.24) is 19.1 Å². The molecule has 0 saturated heterocycles. The third kappa shape index (κ3) is 3.67. The predicted molar refractivity (Wildman–Crippen MR) is 211 cm³/mol. The van der Waals surface area contributed by atoms with Crippen LogP contribution < -0.4 is 0 Å². The zero-order valence-corrected chi connectivity index (χ0v) is 27.6. The van der Waals surface area contributed by atoms with E-state index in [2.05, 4.69) is 153 Å². The molecule has 0 fully saturated rings. The molecule has 52 heavy (non-hydrogen) atoms. The van der Waals surface area contributed by atoms with Crippen LogP contribution in [0, 0.1) is 0 Å². The summed E-state index contributed by atoms with van der Waals surface area (Å²) < 4.78 is 17.5. The molecule has 0 aliphatic rings. The maximum absolute atomic E-state index is 6.40. The molecule has 0 amide bonds. The van der Waals surface area contributed by atoms with Gasteiger partial charge < -0.3 is 18.0 Å². The van der Waals surface area contributed by atoms with Crippen molar-refractivity contribution >= 4 is 87.7 Å². The number of pyridine rings is 2. The third-order valence-electron chi connectivity index (χ3n) is 10.7. The van der Waals surface area contributed by atoms with E-state index in [0.29, 0.717) is 11.4 Å². The molecule has 6 nitrogen and oxygen atoms in total. The van der Waals surface area contributed by atoms with Crippen molar-refractivity contribution in [3.05, 3.63) is 158 Å². The van der Waals surface area contributed by atoms with Crippen LogP contribution >= 0.6 is 0 Å². The molecule has 6 heterocycles. The van der Waals surface area contributed by atoms with Gasteiger partial charge in [0.25, 0.3) is 0 Å². The van der Waals surface area contributed by atoms with Crippen LogP contribution in [0.4, 0.5) is 0 Å². The zero-order valence-electron chi connectivity index (χ0n) is 27.6. The molecule has 6 aromatic carbocycles. The molecule has 0 bridgehead atoms. The minimum Gasteiger partial charge on any atom is -0.435 e. The molecular weight excluding hydrogens is 641 g/mol. The first-order chi connectivity index (χ1) is 25.8. The van der Waals surface area contributed by atoms with Gasteiger partial charge in [-0.1, -0.05) is 72.8 Å². The van der Waals surface area contributed by atoms with Gasteiger partial charge in [0.15, 0.2) is 11.2 Å². The van der Waals surface area contributed by atoms with Crippen LogP contribution in [0.25, 0.3) is 110 Å². The summed E-state index contributed by atoms with van der Waals surface area (Å²) in [4.78, 5) is 9.01. The summed E-state index contributed by atoms with van der Waals surface area (Å²) >= 11 is 0. The number of rotatable bonds is 3. The maximum Gasteiger partial charge on any atom is 0.227 e. The topological polar surface area (TPSA) is 61.9 Å². The summed E-state index contributed by atoms with van der Waals surface area (Å²) in [6.45, 7) is 0. The number of benzene rings is 6. The standard InChI is InChI=1S/C46H26N4O2/c1-3-15-37-29(9-1)35-25-27(19-21-39(35)49(37)41-17-5-11-31-33-13-7-23-47-45(33)51-43(31)41)28-20-22-40-36(26-28)30-10-2-4-16-38(30)50(40)42-18-6-12-32-34-14-8-24-48-46(34)52-44(32)42/h1-26H. The van der Waals surface area contributed by atoms with Crippen molar-refractivity contribution in [1.29, 1.82) is 0 Å².